The molecule has 6 nitrogen and oxygen atoms in total. The van der Waals surface area contributed by atoms with Crippen molar-refractivity contribution in [3.8, 4) is 11.8 Å². The summed E-state index contributed by atoms with van der Waals surface area (Å²) in [6.07, 6.45) is 2.34. The number of hydrogen-bond acceptors (Lipinski definition) is 5. The molecule has 6 heteroatoms. The summed E-state index contributed by atoms with van der Waals surface area (Å²) in [7, 11) is 1.51. The number of nitrogens with zero attached hydrogens (tertiary/aromatic N) is 3. The molecular formula is C17H19N3O3. The van der Waals surface area contributed by atoms with E-state index in [1.807, 2.05) is 25.1 Å². The van der Waals surface area contributed by atoms with Crippen LogP contribution < -0.4 is 9.47 Å². The Labute approximate surface area is 135 Å². The van der Waals surface area contributed by atoms with Crippen LogP contribution in [0.3, 0.4) is 0 Å². The van der Waals surface area contributed by atoms with Gasteiger partial charge in [0.15, 0.2) is 0 Å². The van der Waals surface area contributed by atoms with Gasteiger partial charge in [-0.15, -0.1) is 0 Å². The topological polar surface area (TPSA) is 64.5 Å². The fourth-order valence-electron chi connectivity index (χ4n) is 2.65. The van der Waals surface area contributed by atoms with Crippen LogP contribution in [-0.4, -0.2) is 47.1 Å². The van der Waals surface area contributed by atoms with Gasteiger partial charge in [0, 0.05) is 30.9 Å². The Balaban J connectivity index is 1.66. The summed E-state index contributed by atoms with van der Waals surface area (Å²) < 4.78 is 11.0. The van der Waals surface area contributed by atoms with Crippen molar-refractivity contribution in [2.75, 3.05) is 20.2 Å². The van der Waals surface area contributed by atoms with Crippen molar-refractivity contribution in [2.45, 2.75) is 19.4 Å². The number of aromatic nitrogens is 2. The molecule has 1 atom stereocenters. The number of carbonyl (C=O) groups is 1. The molecule has 0 radical (unpaired) electrons. The van der Waals surface area contributed by atoms with E-state index in [-0.39, 0.29) is 12.0 Å². The van der Waals surface area contributed by atoms with E-state index in [9.17, 15) is 4.79 Å². The minimum absolute atomic E-state index is 0.0454. The highest BCUT2D eigenvalue weighted by Crippen LogP contribution is 2.22. The van der Waals surface area contributed by atoms with Crippen LogP contribution in [0, 0.1) is 6.92 Å². The third kappa shape index (κ3) is 3.41. The lowest BCUT2D eigenvalue weighted by Crippen LogP contribution is -2.31. The zero-order chi connectivity index (χ0) is 16.2. The third-order valence-corrected chi connectivity index (χ3v) is 3.78. The van der Waals surface area contributed by atoms with Crippen LogP contribution in [0.2, 0.25) is 0 Å². The number of carbonyl (C=O) groups excluding carboxylic acids is 1. The predicted octanol–water partition coefficient (Wildman–Crippen LogP) is 2.09. The maximum atomic E-state index is 12.6. The first-order valence-corrected chi connectivity index (χ1v) is 7.56. The maximum Gasteiger partial charge on any atom is 0.259 e. The van der Waals surface area contributed by atoms with E-state index in [1.54, 1.807) is 23.2 Å². The summed E-state index contributed by atoms with van der Waals surface area (Å²) in [6, 6.07) is 9.13. The van der Waals surface area contributed by atoms with E-state index in [0.29, 0.717) is 30.4 Å². The van der Waals surface area contributed by atoms with E-state index < -0.39 is 0 Å². The van der Waals surface area contributed by atoms with Crippen LogP contribution in [0.5, 0.6) is 11.8 Å². The predicted molar refractivity (Wildman–Crippen MR) is 84.7 cm³/mol. The summed E-state index contributed by atoms with van der Waals surface area (Å²) in [5.41, 5.74) is 1.39. The summed E-state index contributed by atoms with van der Waals surface area (Å²) in [5.74, 6) is 0.865. The number of hydrogen-bond donors (Lipinski definition) is 0. The Morgan fingerprint density at radius 2 is 2.17 bits per heavy atom. The van der Waals surface area contributed by atoms with Crippen LogP contribution in [0.15, 0.2) is 36.5 Å². The van der Waals surface area contributed by atoms with Crippen molar-refractivity contribution in [1.82, 2.24) is 14.9 Å². The molecule has 120 valence electrons. The zero-order valence-corrected chi connectivity index (χ0v) is 13.2. The normalized spacial score (nSPS) is 17.1. The summed E-state index contributed by atoms with van der Waals surface area (Å²) >= 11 is 0. The van der Waals surface area contributed by atoms with Crippen molar-refractivity contribution < 1.29 is 14.3 Å². The Morgan fingerprint density at radius 3 is 2.96 bits per heavy atom. The van der Waals surface area contributed by atoms with Crippen LogP contribution in [0.4, 0.5) is 0 Å². The van der Waals surface area contributed by atoms with Crippen LogP contribution in [0.25, 0.3) is 0 Å². The van der Waals surface area contributed by atoms with Gasteiger partial charge in [0.25, 0.3) is 5.91 Å². The van der Waals surface area contributed by atoms with Gasteiger partial charge in [-0.2, -0.15) is 0 Å². The molecule has 23 heavy (non-hydrogen) atoms. The average Bonchev–Trinajstić information content (AvgIpc) is 3.02. The fraction of sp³-hybridized carbons (Fsp3) is 0.353. The molecule has 0 aromatic carbocycles. The summed E-state index contributed by atoms with van der Waals surface area (Å²) in [6.45, 7) is 3.10. The molecule has 0 bridgehead atoms. The minimum atomic E-state index is -0.0850. The van der Waals surface area contributed by atoms with Gasteiger partial charge in [-0.05, 0) is 25.1 Å². The Morgan fingerprint density at radius 1 is 1.30 bits per heavy atom. The first-order chi connectivity index (χ1) is 11.2. The molecule has 2 aromatic heterocycles. The van der Waals surface area contributed by atoms with Crippen molar-refractivity contribution >= 4 is 5.91 Å². The molecule has 3 heterocycles. The second-order valence-electron chi connectivity index (χ2n) is 5.46. The molecule has 3 rings (SSSR count). The zero-order valence-electron chi connectivity index (χ0n) is 13.2. The van der Waals surface area contributed by atoms with Crippen LogP contribution in [0.1, 0.15) is 22.5 Å². The number of ether oxygens (including phenoxy) is 2. The molecule has 0 N–H and O–H groups in total. The van der Waals surface area contributed by atoms with Crippen molar-refractivity contribution in [1.29, 1.82) is 0 Å². The molecule has 0 spiro atoms. The van der Waals surface area contributed by atoms with Crippen molar-refractivity contribution in [2.24, 2.45) is 0 Å². The monoisotopic (exact) mass is 313 g/mol. The van der Waals surface area contributed by atoms with E-state index in [2.05, 4.69) is 9.97 Å². The average molecular weight is 313 g/mol. The van der Waals surface area contributed by atoms with Gasteiger partial charge in [-0.3, -0.25) is 4.79 Å². The van der Waals surface area contributed by atoms with Gasteiger partial charge in [-0.1, -0.05) is 6.07 Å². The second kappa shape index (κ2) is 6.64. The summed E-state index contributed by atoms with van der Waals surface area (Å²) in [5, 5.41) is 0. The lowest BCUT2D eigenvalue weighted by Gasteiger charge is -2.18. The molecule has 0 saturated carbocycles. The van der Waals surface area contributed by atoms with Gasteiger partial charge >= 0.3 is 0 Å². The molecule has 2 aromatic rings. The molecule has 1 aliphatic rings. The number of likely N-dealkylation sites (tertiary alicyclic amines) is 1. The SMILES string of the molecule is COc1ncccc1C(=O)N1CC[C@H](Oc2cccc(C)n2)C1. The lowest BCUT2D eigenvalue weighted by molar-refractivity contribution is 0.0767. The van der Waals surface area contributed by atoms with Crippen LogP contribution >= 0.6 is 0 Å². The molecule has 1 amide bonds. The lowest BCUT2D eigenvalue weighted by atomic mass is 10.2. The van der Waals surface area contributed by atoms with E-state index >= 15 is 0 Å². The van der Waals surface area contributed by atoms with E-state index in [4.69, 9.17) is 9.47 Å². The largest absolute Gasteiger partial charge is 0.480 e. The second-order valence-corrected chi connectivity index (χ2v) is 5.46. The van der Waals surface area contributed by atoms with Gasteiger partial charge in [0.05, 0.1) is 13.7 Å². The highest BCUT2D eigenvalue weighted by Gasteiger charge is 2.30. The van der Waals surface area contributed by atoms with Gasteiger partial charge in [-0.25, -0.2) is 9.97 Å². The molecule has 1 saturated heterocycles. The smallest absolute Gasteiger partial charge is 0.259 e. The number of rotatable bonds is 4. The number of pyridine rings is 2. The molecule has 1 aliphatic heterocycles. The standard InChI is InChI=1S/C17H19N3O3/c1-12-5-3-7-15(19-12)23-13-8-10-20(11-13)17(21)14-6-4-9-18-16(14)22-2/h3-7,9,13H,8,10-11H2,1-2H3/t13-/m0/s1. The first-order valence-electron chi connectivity index (χ1n) is 7.56. The Hall–Kier alpha value is -2.63. The van der Waals surface area contributed by atoms with E-state index in [1.165, 1.54) is 7.11 Å². The Kier molecular flexibility index (Phi) is 4.41. The van der Waals surface area contributed by atoms with Gasteiger partial charge in [0.1, 0.15) is 11.7 Å². The number of aryl methyl sites for hydroxylation is 1. The number of methoxy groups -OCH3 is 1. The van der Waals surface area contributed by atoms with Gasteiger partial charge in [0.2, 0.25) is 11.8 Å². The fourth-order valence-corrected chi connectivity index (χ4v) is 2.65. The molecular weight excluding hydrogens is 294 g/mol. The summed E-state index contributed by atoms with van der Waals surface area (Å²) in [4.78, 5) is 22.8. The highest BCUT2D eigenvalue weighted by molar-refractivity contribution is 5.96. The van der Waals surface area contributed by atoms with Crippen molar-refractivity contribution in [3.05, 3.63) is 47.8 Å². The first kappa shape index (κ1) is 15.3. The van der Waals surface area contributed by atoms with E-state index in [0.717, 1.165) is 12.1 Å². The Bertz CT molecular complexity index is 705. The quantitative estimate of drug-likeness (QED) is 0.865. The molecule has 0 unspecified atom stereocenters. The van der Waals surface area contributed by atoms with Crippen molar-refractivity contribution in [3.63, 3.8) is 0 Å². The van der Waals surface area contributed by atoms with Gasteiger partial charge < -0.3 is 14.4 Å². The highest BCUT2D eigenvalue weighted by atomic mass is 16.5. The molecule has 0 aliphatic carbocycles. The molecule has 1 fully saturated rings. The third-order valence-electron chi connectivity index (χ3n) is 3.78. The minimum Gasteiger partial charge on any atom is -0.480 e. The number of amides is 1. The van der Waals surface area contributed by atoms with Crippen LogP contribution in [-0.2, 0) is 0 Å². The maximum absolute atomic E-state index is 12.6.